The van der Waals surface area contributed by atoms with E-state index in [0.717, 1.165) is 45.3 Å². The van der Waals surface area contributed by atoms with E-state index < -0.39 is 5.54 Å². The summed E-state index contributed by atoms with van der Waals surface area (Å²) in [6.45, 7) is 5.00. The molecule has 1 aliphatic carbocycles. The van der Waals surface area contributed by atoms with E-state index in [9.17, 15) is 4.79 Å². The van der Waals surface area contributed by atoms with Crippen molar-refractivity contribution in [2.45, 2.75) is 50.6 Å². The summed E-state index contributed by atoms with van der Waals surface area (Å²) in [6.07, 6.45) is 5.11. The Labute approximate surface area is 123 Å². The molecule has 0 aromatic heterocycles. The first kappa shape index (κ1) is 17.4. The maximum atomic E-state index is 11.9. The molecule has 0 bridgehead atoms. The molecule has 1 rings (SSSR count). The zero-order chi connectivity index (χ0) is 15.2. The van der Waals surface area contributed by atoms with Crippen molar-refractivity contribution < 1.29 is 4.79 Å². The summed E-state index contributed by atoms with van der Waals surface area (Å²) in [4.78, 5) is 16.5. The molecule has 0 aromatic rings. The molecule has 1 fully saturated rings. The van der Waals surface area contributed by atoms with E-state index in [0.29, 0.717) is 6.04 Å². The topological polar surface area (TPSA) is 61.6 Å². The first-order valence-electron chi connectivity index (χ1n) is 7.81. The monoisotopic (exact) mass is 284 g/mol. The fourth-order valence-corrected chi connectivity index (χ4v) is 3.25. The van der Waals surface area contributed by atoms with E-state index in [4.69, 9.17) is 5.73 Å². The highest BCUT2D eigenvalue weighted by atomic mass is 16.1. The number of carbonyl (C=O) groups excluding carboxylic acids is 1. The normalized spacial score (nSPS) is 27.2. The third kappa shape index (κ3) is 4.72. The van der Waals surface area contributed by atoms with Crippen molar-refractivity contribution in [2.75, 3.05) is 40.8 Å². The predicted molar refractivity (Wildman–Crippen MR) is 83.7 cm³/mol. The van der Waals surface area contributed by atoms with Crippen molar-refractivity contribution in [3.63, 3.8) is 0 Å². The second-order valence-corrected chi connectivity index (χ2v) is 6.36. The fourth-order valence-electron chi connectivity index (χ4n) is 3.25. The summed E-state index contributed by atoms with van der Waals surface area (Å²) in [5.41, 5.74) is 5.17. The zero-order valence-corrected chi connectivity index (χ0v) is 13.6. The van der Waals surface area contributed by atoms with Crippen LogP contribution in [0.4, 0.5) is 0 Å². The van der Waals surface area contributed by atoms with Gasteiger partial charge < -0.3 is 20.9 Å². The molecule has 5 nitrogen and oxygen atoms in total. The van der Waals surface area contributed by atoms with E-state index in [2.05, 4.69) is 36.3 Å². The molecule has 0 heterocycles. The van der Waals surface area contributed by atoms with Crippen LogP contribution in [0, 0.1) is 0 Å². The first-order chi connectivity index (χ1) is 9.41. The van der Waals surface area contributed by atoms with Crippen molar-refractivity contribution >= 4 is 5.91 Å². The molecule has 5 heteroatoms. The number of likely N-dealkylation sites (N-methyl/N-ethyl adjacent to an activating group) is 1. The molecule has 0 saturated heterocycles. The molecule has 0 spiro atoms. The molecule has 0 aliphatic heterocycles. The average molecular weight is 284 g/mol. The molecule has 1 amide bonds. The third-order valence-electron chi connectivity index (χ3n) is 4.45. The number of rotatable bonds is 8. The van der Waals surface area contributed by atoms with Crippen molar-refractivity contribution in [2.24, 2.45) is 5.73 Å². The van der Waals surface area contributed by atoms with Gasteiger partial charge in [0.1, 0.15) is 0 Å². The van der Waals surface area contributed by atoms with E-state index in [1.165, 1.54) is 6.42 Å². The second-order valence-electron chi connectivity index (χ2n) is 6.36. The van der Waals surface area contributed by atoms with Gasteiger partial charge in [-0.1, -0.05) is 6.92 Å². The lowest BCUT2D eigenvalue weighted by Gasteiger charge is -2.42. The minimum atomic E-state index is -0.493. The molecule has 1 aliphatic rings. The van der Waals surface area contributed by atoms with Crippen LogP contribution >= 0.6 is 0 Å². The molecule has 1 saturated carbocycles. The van der Waals surface area contributed by atoms with Gasteiger partial charge in [0, 0.05) is 6.04 Å². The van der Waals surface area contributed by atoms with Crippen LogP contribution in [-0.4, -0.2) is 68.1 Å². The van der Waals surface area contributed by atoms with Gasteiger partial charge in [-0.3, -0.25) is 4.79 Å². The number of primary amides is 1. The second kappa shape index (κ2) is 7.96. The van der Waals surface area contributed by atoms with E-state index in [1.54, 1.807) is 0 Å². The van der Waals surface area contributed by atoms with Gasteiger partial charge in [0.15, 0.2) is 0 Å². The minimum absolute atomic E-state index is 0.189. The van der Waals surface area contributed by atoms with Crippen molar-refractivity contribution in [3.05, 3.63) is 0 Å². The van der Waals surface area contributed by atoms with Gasteiger partial charge in [-0.05, 0) is 72.9 Å². The lowest BCUT2D eigenvalue weighted by molar-refractivity contribution is -0.126. The van der Waals surface area contributed by atoms with Gasteiger partial charge in [-0.15, -0.1) is 0 Å². The van der Waals surface area contributed by atoms with Crippen LogP contribution < -0.4 is 11.1 Å². The molecule has 3 N–H and O–H groups in total. The Hall–Kier alpha value is -0.650. The zero-order valence-electron chi connectivity index (χ0n) is 13.6. The highest BCUT2D eigenvalue weighted by molar-refractivity contribution is 5.84. The summed E-state index contributed by atoms with van der Waals surface area (Å²) in [5, 5.41) is 3.35. The highest BCUT2D eigenvalue weighted by Crippen LogP contribution is 2.30. The van der Waals surface area contributed by atoms with Crippen LogP contribution in [0.15, 0.2) is 0 Å². The van der Waals surface area contributed by atoms with E-state index in [1.807, 2.05) is 6.92 Å². The fraction of sp³-hybridized carbons (Fsp3) is 0.933. The standard InChI is InChI=1S/C15H32N4O/c1-5-17-15(14(16)20)9-6-8-13(12-15)19(4)11-7-10-18(2)3/h13,17H,5-12H2,1-4H3,(H2,16,20). The first-order valence-corrected chi connectivity index (χ1v) is 7.81. The van der Waals surface area contributed by atoms with E-state index in [-0.39, 0.29) is 5.91 Å². The van der Waals surface area contributed by atoms with Crippen LogP contribution in [0.5, 0.6) is 0 Å². The smallest absolute Gasteiger partial charge is 0.237 e. The van der Waals surface area contributed by atoms with Gasteiger partial charge in [0.25, 0.3) is 0 Å². The average Bonchev–Trinajstić information content (AvgIpc) is 2.38. The number of carbonyl (C=O) groups is 1. The van der Waals surface area contributed by atoms with E-state index >= 15 is 0 Å². The lowest BCUT2D eigenvalue weighted by Crippen LogP contribution is -2.60. The van der Waals surface area contributed by atoms with Crippen LogP contribution in [0.1, 0.15) is 39.0 Å². The van der Waals surface area contributed by atoms with Gasteiger partial charge >= 0.3 is 0 Å². The Bertz CT molecular complexity index is 304. The largest absolute Gasteiger partial charge is 0.368 e. The van der Waals surface area contributed by atoms with Crippen LogP contribution in [0.2, 0.25) is 0 Å². The molecule has 2 atom stereocenters. The molecule has 0 radical (unpaired) electrons. The van der Waals surface area contributed by atoms with Crippen LogP contribution in [-0.2, 0) is 4.79 Å². The molecule has 2 unspecified atom stereocenters. The highest BCUT2D eigenvalue weighted by Gasteiger charge is 2.41. The Balaban J connectivity index is 2.56. The minimum Gasteiger partial charge on any atom is -0.368 e. The maximum Gasteiger partial charge on any atom is 0.237 e. The number of hydrogen-bond acceptors (Lipinski definition) is 4. The SMILES string of the molecule is CCNC1(C(N)=O)CCCC(N(C)CCCN(C)C)C1. The quantitative estimate of drug-likeness (QED) is 0.687. The summed E-state index contributed by atoms with van der Waals surface area (Å²) in [5.74, 6) is -0.189. The molecule has 118 valence electrons. The Morgan fingerprint density at radius 1 is 1.35 bits per heavy atom. The Morgan fingerprint density at radius 3 is 2.60 bits per heavy atom. The number of nitrogens with one attached hydrogen (secondary N) is 1. The van der Waals surface area contributed by atoms with Gasteiger partial charge in [0.2, 0.25) is 5.91 Å². The predicted octanol–water partition coefficient (Wildman–Crippen LogP) is 0.646. The summed E-state index contributed by atoms with van der Waals surface area (Å²) < 4.78 is 0. The molecule has 0 aromatic carbocycles. The summed E-state index contributed by atoms with van der Waals surface area (Å²) >= 11 is 0. The Morgan fingerprint density at radius 2 is 2.05 bits per heavy atom. The van der Waals surface area contributed by atoms with Crippen LogP contribution in [0.25, 0.3) is 0 Å². The molecule has 20 heavy (non-hydrogen) atoms. The molecular formula is C15H32N4O. The van der Waals surface area contributed by atoms with Gasteiger partial charge in [-0.2, -0.15) is 0 Å². The third-order valence-corrected chi connectivity index (χ3v) is 4.45. The van der Waals surface area contributed by atoms with Crippen LogP contribution in [0.3, 0.4) is 0 Å². The van der Waals surface area contributed by atoms with Crippen molar-refractivity contribution in [1.82, 2.24) is 15.1 Å². The van der Waals surface area contributed by atoms with Crippen molar-refractivity contribution in [3.8, 4) is 0 Å². The number of nitrogens with zero attached hydrogens (tertiary/aromatic N) is 2. The summed E-state index contributed by atoms with van der Waals surface area (Å²) in [6, 6.07) is 0.456. The number of hydrogen-bond donors (Lipinski definition) is 2. The lowest BCUT2D eigenvalue weighted by atomic mass is 9.77. The summed E-state index contributed by atoms with van der Waals surface area (Å²) in [7, 11) is 6.37. The number of nitrogens with two attached hydrogens (primary N) is 1. The van der Waals surface area contributed by atoms with Gasteiger partial charge in [-0.25, -0.2) is 0 Å². The Kier molecular flexibility index (Phi) is 6.92. The van der Waals surface area contributed by atoms with Gasteiger partial charge in [0.05, 0.1) is 5.54 Å². The maximum absolute atomic E-state index is 11.9. The molecular weight excluding hydrogens is 252 g/mol. The number of amides is 1. The van der Waals surface area contributed by atoms with Crippen molar-refractivity contribution in [1.29, 1.82) is 0 Å².